The molecule has 17 heavy (non-hydrogen) atoms. The van der Waals surface area contributed by atoms with Crippen LogP contribution >= 0.6 is 11.6 Å². The van der Waals surface area contributed by atoms with Crippen LogP contribution in [0.3, 0.4) is 0 Å². The summed E-state index contributed by atoms with van der Waals surface area (Å²) in [6, 6.07) is 5.69. The van der Waals surface area contributed by atoms with Gasteiger partial charge in [0.2, 0.25) is 0 Å². The molecule has 4 nitrogen and oxygen atoms in total. The number of nitrogens with two attached hydrogens (primary N) is 1. The van der Waals surface area contributed by atoms with Crippen LogP contribution in [0.4, 0.5) is 5.82 Å². The molecule has 0 saturated carbocycles. The first-order chi connectivity index (χ1) is 8.00. The van der Waals surface area contributed by atoms with Gasteiger partial charge in [-0.2, -0.15) is 0 Å². The molecule has 1 aromatic heterocycles. The van der Waals surface area contributed by atoms with Gasteiger partial charge in [0.15, 0.2) is 5.82 Å². The summed E-state index contributed by atoms with van der Waals surface area (Å²) < 4.78 is 1.77. The topological polar surface area (TPSA) is 56.7 Å². The minimum atomic E-state index is 0.253. The fraction of sp³-hybridized carbons (Fsp3) is 0.333. The van der Waals surface area contributed by atoms with E-state index in [0.717, 1.165) is 16.9 Å². The summed E-state index contributed by atoms with van der Waals surface area (Å²) in [5.74, 6) is 0.725. The molecule has 2 rings (SSSR count). The highest BCUT2D eigenvalue weighted by Crippen LogP contribution is 2.26. The molecule has 2 aromatic rings. The average molecular weight is 251 g/mol. The molecule has 0 fully saturated rings. The van der Waals surface area contributed by atoms with Gasteiger partial charge in [-0.05, 0) is 30.5 Å². The van der Waals surface area contributed by atoms with Crippen molar-refractivity contribution in [1.29, 1.82) is 0 Å². The third-order valence-electron chi connectivity index (χ3n) is 2.68. The molecule has 0 aliphatic carbocycles. The maximum absolute atomic E-state index is 6.01. The van der Waals surface area contributed by atoms with Gasteiger partial charge in [-0.15, -0.1) is 5.10 Å². The van der Waals surface area contributed by atoms with Gasteiger partial charge >= 0.3 is 0 Å². The summed E-state index contributed by atoms with van der Waals surface area (Å²) in [6.45, 7) is 6.13. The van der Waals surface area contributed by atoms with Crippen LogP contribution in [0, 0.1) is 6.92 Å². The summed E-state index contributed by atoms with van der Waals surface area (Å²) in [4.78, 5) is 0. The molecule has 0 atom stereocenters. The van der Waals surface area contributed by atoms with E-state index >= 15 is 0 Å². The lowest BCUT2D eigenvalue weighted by Gasteiger charge is -2.12. The number of aromatic nitrogens is 3. The number of hydrogen-bond donors (Lipinski definition) is 1. The molecule has 0 saturated heterocycles. The van der Waals surface area contributed by atoms with Crippen LogP contribution in [0.1, 0.15) is 31.0 Å². The van der Waals surface area contributed by atoms with Crippen LogP contribution in [0.25, 0.3) is 5.69 Å². The van der Waals surface area contributed by atoms with Crippen molar-refractivity contribution in [2.45, 2.75) is 26.7 Å². The van der Waals surface area contributed by atoms with Gasteiger partial charge in [-0.3, -0.25) is 0 Å². The highest BCUT2D eigenvalue weighted by atomic mass is 35.5. The number of nitrogens with zero attached hydrogens (tertiary/aromatic N) is 3. The van der Waals surface area contributed by atoms with Crippen molar-refractivity contribution in [2.75, 3.05) is 5.73 Å². The standard InChI is InChI=1S/C12H15ClN4/c1-7(2)11-12(14)15-16-17(11)10-6-9(13)5-4-8(10)3/h4-7H,14H2,1-3H3. The summed E-state index contributed by atoms with van der Waals surface area (Å²) >= 11 is 6.01. The Labute approximate surface area is 105 Å². The van der Waals surface area contributed by atoms with E-state index in [1.165, 1.54) is 0 Å². The molecule has 0 unspecified atom stereocenters. The zero-order chi connectivity index (χ0) is 12.6. The highest BCUT2D eigenvalue weighted by Gasteiger charge is 2.16. The van der Waals surface area contributed by atoms with Crippen LogP contribution in [0.5, 0.6) is 0 Å². The van der Waals surface area contributed by atoms with Crippen LogP contribution in [-0.2, 0) is 0 Å². The van der Waals surface area contributed by atoms with Crippen molar-refractivity contribution < 1.29 is 0 Å². The number of benzene rings is 1. The first-order valence-corrected chi connectivity index (χ1v) is 5.86. The Kier molecular flexibility index (Phi) is 3.07. The lowest BCUT2D eigenvalue weighted by molar-refractivity contribution is 0.713. The van der Waals surface area contributed by atoms with E-state index in [0.29, 0.717) is 10.8 Å². The Balaban J connectivity index is 2.64. The van der Waals surface area contributed by atoms with E-state index in [2.05, 4.69) is 24.2 Å². The Morgan fingerprint density at radius 1 is 1.35 bits per heavy atom. The fourth-order valence-corrected chi connectivity index (χ4v) is 2.00. The normalized spacial score (nSPS) is 11.1. The fourth-order valence-electron chi connectivity index (χ4n) is 1.83. The summed E-state index contributed by atoms with van der Waals surface area (Å²) in [7, 11) is 0. The van der Waals surface area contributed by atoms with Crippen LogP contribution in [0.2, 0.25) is 5.02 Å². The first kappa shape index (κ1) is 11.9. The van der Waals surface area contributed by atoms with E-state index in [1.807, 2.05) is 25.1 Å². The predicted octanol–water partition coefficient (Wildman–Crippen LogP) is 2.93. The summed E-state index contributed by atoms with van der Waals surface area (Å²) in [6.07, 6.45) is 0. The highest BCUT2D eigenvalue weighted by molar-refractivity contribution is 6.30. The third-order valence-corrected chi connectivity index (χ3v) is 2.91. The van der Waals surface area contributed by atoms with E-state index in [-0.39, 0.29) is 5.92 Å². The van der Waals surface area contributed by atoms with Crippen molar-refractivity contribution in [2.24, 2.45) is 0 Å². The van der Waals surface area contributed by atoms with Gasteiger partial charge in [0.1, 0.15) is 0 Å². The quantitative estimate of drug-likeness (QED) is 0.892. The van der Waals surface area contributed by atoms with Crippen LogP contribution in [0.15, 0.2) is 18.2 Å². The van der Waals surface area contributed by atoms with E-state index in [9.17, 15) is 0 Å². The summed E-state index contributed by atoms with van der Waals surface area (Å²) in [5, 5.41) is 8.70. The predicted molar refractivity (Wildman–Crippen MR) is 69.6 cm³/mol. The van der Waals surface area contributed by atoms with Crippen LogP contribution < -0.4 is 5.73 Å². The van der Waals surface area contributed by atoms with Gasteiger partial charge in [0, 0.05) is 5.02 Å². The number of hydrogen-bond acceptors (Lipinski definition) is 3. The number of nitrogen functional groups attached to an aromatic ring is 1. The molecular formula is C12H15ClN4. The first-order valence-electron chi connectivity index (χ1n) is 5.48. The van der Waals surface area contributed by atoms with Gasteiger partial charge in [-0.25, -0.2) is 4.68 Å². The molecule has 0 spiro atoms. The average Bonchev–Trinajstić information content (AvgIpc) is 2.64. The molecule has 90 valence electrons. The van der Waals surface area contributed by atoms with Crippen LogP contribution in [-0.4, -0.2) is 15.0 Å². The van der Waals surface area contributed by atoms with Crippen molar-refractivity contribution in [3.8, 4) is 5.69 Å². The van der Waals surface area contributed by atoms with E-state index < -0.39 is 0 Å². The zero-order valence-corrected chi connectivity index (χ0v) is 10.9. The van der Waals surface area contributed by atoms with Gasteiger partial charge in [-0.1, -0.05) is 36.7 Å². The van der Waals surface area contributed by atoms with E-state index in [4.69, 9.17) is 17.3 Å². The largest absolute Gasteiger partial charge is 0.381 e. The molecule has 0 amide bonds. The van der Waals surface area contributed by atoms with Gasteiger partial charge in [0.25, 0.3) is 0 Å². The lowest BCUT2D eigenvalue weighted by atomic mass is 10.1. The van der Waals surface area contributed by atoms with Crippen molar-refractivity contribution in [3.05, 3.63) is 34.5 Å². The smallest absolute Gasteiger partial charge is 0.169 e. The molecule has 1 aromatic carbocycles. The zero-order valence-electron chi connectivity index (χ0n) is 10.1. The molecule has 2 N–H and O–H groups in total. The number of halogens is 1. The molecular weight excluding hydrogens is 236 g/mol. The second-order valence-electron chi connectivity index (χ2n) is 4.36. The maximum atomic E-state index is 6.01. The molecule has 0 bridgehead atoms. The Bertz CT molecular complexity index is 545. The Hall–Kier alpha value is -1.55. The molecule has 0 radical (unpaired) electrons. The van der Waals surface area contributed by atoms with Gasteiger partial charge in [0.05, 0.1) is 11.4 Å². The minimum Gasteiger partial charge on any atom is -0.381 e. The molecule has 5 heteroatoms. The second kappa shape index (κ2) is 4.37. The van der Waals surface area contributed by atoms with Crippen molar-refractivity contribution in [1.82, 2.24) is 15.0 Å². The SMILES string of the molecule is Cc1ccc(Cl)cc1-n1nnc(N)c1C(C)C. The minimum absolute atomic E-state index is 0.253. The van der Waals surface area contributed by atoms with E-state index in [1.54, 1.807) is 4.68 Å². The monoisotopic (exact) mass is 250 g/mol. The number of anilines is 1. The van der Waals surface area contributed by atoms with Gasteiger partial charge < -0.3 is 5.73 Å². The molecule has 1 heterocycles. The van der Waals surface area contributed by atoms with Crippen molar-refractivity contribution in [3.63, 3.8) is 0 Å². The molecule has 0 aliphatic heterocycles. The summed E-state index contributed by atoms with van der Waals surface area (Å²) in [5.41, 5.74) is 8.76. The van der Waals surface area contributed by atoms with Crippen molar-refractivity contribution >= 4 is 17.4 Å². The second-order valence-corrected chi connectivity index (χ2v) is 4.79. The molecule has 0 aliphatic rings. The number of aryl methyl sites for hydroxylation is 1. The third kappa shape index (κ3) is 2.13. The Morgan fingerprint density at radius 2 is 2.06 bits per heavy atom. The number of rotatable bonds is 2. The maximum Gasteiger partial charge on any atom is 0.169 e. The Morgan fingerprint density at radius 3 is 2.71 bits per heavy atom. The lowest BCUT2D eigenvalue weighted by Crippen LogP contribution is -2.07.